The molecule has 3 aromatic heterocycles. The first-order chi connectivity index (χ1) is 17.8. The van der Waals surface area contributed by atoms with Crippen molar-refractivity contribution < 1.29 is 41.4 Å². The highest BCUT2D eigenvalue weighted by Crippen LogP contribution is 2.58. The number of carboxylic acid groups (broad SMARTS) is 2. The lowest BCUT2D eigenvalue weighted by atomic mass is 10.1. The van der Waals surface area contributed by atoms with E-state index in [0.717, 1.165) is 16.9 Å². The van der Waals surface area contributed by atoms with Gasteiger partial charge in [-0.15, -0.1) is 11.3 Å². The van der Waals surface area contributed by atoms with Gasteiger partial charge in [0.1, 0.15) is 15.4 Å². The van der Waals surface area contributed by atoms with Crippen LogP contribution in [0.25, 0.3) is 16.3 Å². The Bertz CT molecular complexity index is 1570. The van der Waals surface area contributed by atoms with E-state index in [0.29, 0.717) is 16.3 Å². The molecular formula is C23H19F3N4O6S2. The molecular weight excluding hydrogens is 549 g/mol. The molecule has 0 bridgehead atoms. The number of alkyl halides is 3. The Balaban J connectivity index is 0.000000426. The Morgan fingerprint density at radius 3 is 2.34 bits per heavy atom. The summed E-state index contributed by atoms with van der Waals surface area (Å²) in [5, 5.41) is 17.1. The number of hydrogen-bond donors (Lipinski definition) is 3. The molecule has 0 saturated heterocycles. The Labute approximate surface area is 217 Å². The number of thiophene rings is 1. The predicted octanol–water partition coefficient (Wildman–Crippen LogP) is 3.63. The highest BCUT2D eigenvalue weighted by Gasteiger charge is 2.70. The first kappa shape index (κ1) is 27.2. The summed E-state index contributed by atoms with van der Waals surface area (Å²) in [5.74, 6) is -4.25. The van der Waals surface area contributed by atoms with Crippen molar-refractivity contribution >= 4 is 39.1 Å². The minimum absolute atomic E-state index is 0.0408. The van der Waals surface area contributed by atoms with Crippen LogP contribution in [0.1, 0.15) is 18.4 Å². The van der Waals surface area contributed by atoms with Crippen molar-refractivity contribution in [1.29, 1.82) is 0 Å². The number of benzene rings is 1. The van der Waals surface area contributed by atoms with Gasteiger partial charge in [-0.2, -0.15) is 17.9 Å². The third-order valence-electron chi connectivity index (χ3n) is 5.99. The van der Waals surface area contributed by atoms with Crippen molar-refractivity contribution in [2.24, 2.45) is 5.92 Å². The molecule has 3 N–H and O–H groups in total. The van der Waals surface area contributed by atoms with Crippen LogP contribution in [0.5, 0.6) is 0 Å². The van der Waals surface area contributed by atoms with Gasteiger partial charge >= 0.3 is 18.1 Å². The average Bonchev–Trinajstić information content (AvgIpc) is 3.24. The van der Waals surface area contributed by atoms with Gasteiger partial charge in [-0.1, -0.05) is 37.3 Å². The fourth-order valence-corrected chi connectivity index (χ4v) is 6.84. The standard InChI is InChI=1S/C21H18N4O4S2.C2HF3O2/c1-13-18(14-6-3-2-4-7-14)21(13,19(26)27)24-31(28,29)17-9-8-16(30-17)15-12-25-11-5-10-22-20(25)23-15;3-2(4,5)1(6)7/h2-13,18,24H,1H3,(H,26,27);(H,6,7)/t13?,18-,21+;/m1./s1. The van der Waals surface area contributed by atoms with E-state index in [-0.39, 0.29) is 10.1 Å². The second-order valence-electron chi connectivity index (χ2n) is 8.33. The first-order valence-corrected chi connectivity index (χ1v) is 13.1. The molecule has 1 unspecified atom stereocenters. The first-order valence-electron chi connectivity index (χ1n) is 10.8. The number of nitrogens with one attached hydrogen (secondary N) is 1. The third-order valence-corrected chi connectivity index (χ3v) is 9.08. The van der Waals surface area contributed by atoms with Crippen LogP contribution in [0, 0.1) is 5.92 Å². The Morgan fingerprint density at radius 2 is 1.76 bits per heavy atom. The Kier molecular flexibility index (Phi) is 7.03. The van der Waals surface area contributed by atoms with E-state index in [1.54, 1.807) is 42.0 Å². The second-order valence-corrected chi connectivity index (χ2v) is 11.3. The molecule has 0 aliphatic heterocycles. The lowest BCUT2D eigenvalue weighted by molar-refractivity contribution is -0.192. The predicted molar refractivity (Wildman–Crippen MR) is 129 cm³/mol. The number of rotatable bonds is 6. The van der Waals surface area contributed by atoms with Gasteiger partial charge in [0.2, 0.25) is 5.78 Å². The largest absolute Gasteiger partial charge is 0.490 e. The number of aromatic nitrogens is 3. The maximum Gasteiger partial charge on any atom is 0.490 e. The summed E-state index contributed by atoms with van der Waals surface area (Å²) in [4.78, 5) is 30.3. The van der Waals surface area contributed by atoms with Crippen LogP contribution in [-0.4, -0.2) is 56.7 Å². The lowest BCUT2D eigenvalue weighted by Gasteiger charge is -2.15. The number of sulfonamides is 1. The zero-order valence-corrected chi connectivity index (χ0v) is 21.0. The summed E-state index contributed by atoms with van der Waals surface area (Å²) in [6.45, 7) is 1.75. The molecule has 0 radical (unpaired) electrons. The minimum Gasteiger partial charge on any atom is -0.480 e. The van der Waals surface area contributed by atoms with Crippen LogP contribution in [0.15, 0.2) is 71.3 Å². The third kappa shape index (κ3) is 5.12. The number of carboxylic acids is 2. The van der Waals surface area contributed by atoms with Gasteiger partial charge in [0.15, 0.2) is 0 Å². The maximum absolute atomic E-state index is 13.1. The Morgan fingerprint density at radius 1 is 1.11 bits per heavy atom. The van der Waals surface area contributed by atoms with E-state index >= 15 is 0 Å². The van der Waals surface area contributed by atoms with Crippen LogP contribution in [0.4, 0.5) is 13.2 Å². The highest BCUT2D eigenvalue weighted by molar-refractivity contribution is 7.91. The molecule has 1 saturated carbocycles. The summed E-state index contributed by atoms with van der Waals surface area (Å²) in [6, 6.07) is 14.0. The van der Waals surface area contributed by atoms with Crippen molar-refractivity contribution in [2.45, 2.75) is 28.8 Å². The van der Waals surface area contributed by atoms with Crippen molar-refractivity contribution in [3.63, 3.8) is 0 Å². The monoisotopic (exact) mass is 568 g/mol. The van der Waals surface area contributed by atoms with Crippen LogP contribution in [0.3, 0.4) is 0 Å². The zero-order valence-electron chi connectivity index (χ0n) is 19.3. The van der Waals surface area contributed by atoms with Crippen LogP contribution in [-0.2, 0) is 19.6 Å². The van der Waals surface area contributed by atoms with E-state index in [4.69, 9.17) is 9.90 Å². The fraction of sp³-hybridized carbons (Fsp3) is 0.217. The van der Waals surface area contributed by atoms with E-state index < -0.39 is 39.6 Å². The Hall–Kier alpha value is -3.82. The molecule has 1 aliphatic carbocycles. The topological polar surface area (TPSA) is 151 Å². The van der Waals surface area contributed by atoms with Crippen molar-refractivity contribution in [3.8, 4) is 10.6 Å². The molecule has 3 atom stereocenters. The van der Waals surface area contributed by atoms with Gasteiger partial charge in [-0.3, -0.25) is 9.20 Å². The van der Waals surface area contributed by atoms with Crippen LogP contribution >= 0.6 is 11.3 Å². The molecule has 4 aromatic rings. The second kappa shape index (κ2) is 9.81. The number of carbonyl (C=O) groups is 2. The van der Waals surface area contributed by atoms with Gasteiger partial charge in [-0.05, 0) is 29.7 Å². The molecule has 1 fully saturated rings. The van der Waals surface area contributed by atoms with E-state index in [2.05, 4.69) is 14.7 Å². The number of halogens is 3. The van der Waals surface area contributed by atoms with Crippen molar-refractivity contribution in [1.82, 2.24) is 19.1 Å². The normalized spacial score (nSPS) is 20.9. The molecule has 15 heteroatoms. The highest BCUT2D eigenvalue weighted by atomic mass is 32.2. The quantitative estimate of drug-likeness (QED) is 0.319. The van der Waals surface area contributed by atoms with Gasteiger partial charge < -0.3 is 10.2 Å². The molecule has 38 heavy (non-hydrogen) atoms. The van der Waals surface area contributed by atoms with Crippen LogP contribution in [0.2, 0.25) is 0 Å². The number of fused-ring (bicyclic) bond motifs is 1. The zero-order chi connectivity index (χ0) is 27.9. The van der Waals surface area contributed by atoms with Gasteiger partial charge in [0.05, 0.1) is 4.88 Å². The molecule has 10 nitrogen and oxygen atoms in total. The molecule has 1 aliphatic rings. The smallest absolute Gasteiger partial charge is 0.480 e. The van der Waals surface area contributed by atoms with E-state index in [9.17, 15) is 31.5 Å². The molecule has 5 rings (SSSR count). The SMILES string of the molecule is CC1[C@H](c2ccccc2)[C@]1(NS(=O)(=O)c1ccc(-c2cn3cccnc3n2)s1)C(=O)O.O=C(O)C(F)(F)F. The average molecular weight is 569 g/mol. The maximum atomic E-state index is 13.1. The molecule has 0 spiro atoms. The summed E-state index contributed by atoms with van der Waals surface area (Å²) in [7, 11) is -4.05. The van der Waals surface area contributed by atoms with Gasteiger partial charge in [-0.25, -0.2) is 23.2 Å². The van der Waals surface area contributed by atoms with Crippen LogP contribution < -0.4 is 4.72 Å². The minimum atomic E-state index is -5.08. The summed E-state index contributed by atoms with van der Waals surface area (Å²) in [6.07, 6.45) is 0.122. The van der Waals surface area contributed by atoms with Crippen molar-refractivity contribution in [2.75, 3.05) is 0 Å². The summed E-state index contributed by atoms with van der Waals surface area (Å²) >= 11 is 1.04. The summed E-state index contributed by atoms with van der Waals surface area (Å²) in [5.41, 5.74) is -0.179. The number of imidazole rings is 1. The van der Waals surface area contributed by atoms with Gasteiger partial charge in [0.25, 0.3) is 10.0 Å². The fourth-order valence-electron chi connectivity index (χ4n) is 4.12. The number of hydrogen-bond acceptors (Lipinski definition) is 7. The van der Waals surface area contributed by atoms with E-state index in [1.807, 2.05) is 30.3 Å². The van der Waals surface area contributed by atoms with E-state index in [1.165, 1.54) is 6.07 Å². The number of nitrogens with zero attached hydrogens (tertiary/aromatic N) is 3. The molecule has 0 amide bonds. The number of aliphatic carboxylic acids is 2. The van der Waals surface area contributed by atoms with Gasteiger partial charge in [0, 0.05) is 24.5 Å². The van der Waals surface area contributed by atoms with Crippen molar-refractivity contribution in [3.05, 3.63) is 72.7 Å². The lowest BCUT2D eigenvalue weighted by Crippen LogP contribution is -2.45. The molecule has 1 aromatic carbocycles. The molecule has 3 heterocycles. The summed E-state index contributed by atoms with van der Waals surface area (Å²) < 4.78 is 62.3. The molecule has 200 valence electrons.